The Hall–Kier alpha value is -3.15. The van der Waals surface area contributed by atoms with Crippen LogP contribution < -0.4 is 5.56 Å². The smallest absolute Gasteiger partial charge is 0.255 e. The zero-order valence-electron chi connectivity index (χ0n) is 16.5. The average Bonchev–Trinajstić information content (AvgIpc) is 3.33. The third-order valence-corrected chi connectivity index (χ3v) is 6.61. The van der Waals surface area contributed by atoms with E-state index in [-0.39, 0.29) is 16.9 Å². The summed E-state index contributed by atoms with van der Waals surface area (Å²) in [7, 11) is 0. The summed E-state index contributed by atoms with van der Waals surface area (Å²) < 4.78 is 0. The van der Waals surface area contributed by atoms with Crippen molar-refractivity contribution in [2.24, 2.45) is 0 Å². The summed E-state index contributed by atoms with van der Waals surface area (Å²) in [5, 5.41) is 0. The van der Waals surface area contributed by atoms with Crippen molar-refractivity contribution in [2.75, 3.05) is 13.1 Å². The Balaban J connectivity index is 1.43. The van der Waals surface area contributed by atoms with Gasteiger partial charge in [-0.3, -0.25) is 9.59 Å². The number of carbonyl (C=O) groups excluding carboxylic acids is 1. The van der Waals surface area contributed by atoms with Crippen molar-refractivity contribution >= 4 is 5.91 Å². The molecule has 1 aliphatic carbocycles. The second-order valence-electron chi connectivity index (χ2n) is 8.20. The molecule has 29 heavy (non-hydrogen) atoms. The largest absolute Gasteiger partial charge is 0.365 e. The van der Waals surface area contributed by atoms with Crippen LogP contribution in [0.15, 0.2) is 47.4 Å². The van der Waals surface area contributed by atoms with Crippen LogP contribution in [0.5, 0.6) is 0 Å². The minimum Gasteiger partial charge on any atom is -0.365 e. The second-order valence-corrected chi connectivity index (χ2v) is 8.20. The molecule has 3 aromatic rings. The van der Waals surface area contributed by atoms with Gasteiger partial charge in [0, 0.05) is 41.5 Å². The zero-order valence-corrected chi connectivity index (χ0v) is 16.5. The van der Waals surface area contributed by atoms with Gasteiger partial charge >= 0.3 is 0 Å². The molecule has 0 bridgehead atoms. The number of aromatic nitrogens is 3. The number of hydrogen-bond donors (Lipinski definition) is 2. The van der Waals surface area contributed by atoms with Gasteiger partial charge in [-0.2, -0.15) is 0 Å². The van der Waals surface area contributed by atoms with Crippen LogP contribution in [-0.2, 0) is 11.8 Å². The molecule has 3 heterocycles. The van der Waals surface area contributed by atoms with E-state index in [9.17, 15) is 9.59 Å². The molecule has 0 atom stereocenters. The van der Waals surface area contributed by atoms with E-state index in [1.807, 2.05) is 54.4 Å². The average molecular weight is 388 g/mol. The number of hydrogen-bond acceptors (Lipinski definition) is 3. The molecule has 2 N–H and O–H groups in total. The van der Waals surface area contributed by atoms with E-state index in [1.165, 1.54) is 0 Å². The van der Waals surface area contributed by atoms with Gasteiger partial charge in [0.2, 0.25) is 0 Å². The number of nitrogens with one attached hydrogen (secondary N) is 2. The minimum atomic E-state index is -0.100. The van der Waals surface area contributed by atoms with Crippen LogP contribution in [0.1, 0.15) is 46.6 Å². The third kappa shape index (κ3) is 2.90. The molecule has 6 nitrogen and oxygen atoms in total. The number of H-pyrrole nitrogens is 2. The highest BCUT2D eigenvalue weighted by atomic mass is 16.2. The molecule has 148 valence electrons. The highest BCUT2D eigenvalue weighted by Gasteiger charge is 2.44. The predicted octanol–water partition coefficient (Wildman–Crippen LogP) is 3.19. The van der Waals surface area contributed by atoms with Gasteiger partial charge in [0.25, 0.3) is 11.5 Å². The van der Waals surface area contributed by atoms with Crippen LogP contribution in [0.3, 0.4) is 0 Å². The van der Waals surface area contributed by atoms with Crippen LogP contribution >= 0.6 is 0 Å². The molecular formula is C23H24N4O2. The Morgan fingerprint density at radius 3 is 2.55 bits per heavy atom. The number of carbonyl (C=O) groups is 1. The molecule has 2 aromatic heterocycles. The maximum atomic E-state index is 12.9. The maximum Gasteiger partial charge on any atom is 0.255 e. The van der Waals surface area contributed by atoms with E-state index in [0.717, 1.165) is 53.8 Å². The summed E-state index contributed by atoms with van der Waals surface area (Å²) in [6.07, 6.45) is 5.20. The topological polar surface area (TPSA) is 81.8 Å². The summed E-state index contributed by atoms with van der Waals surface area (Å²) >= 11 is 0. The molecule has 0 unspecified atom stereocenters. The lowest BCUT2D eigenvalue weighted by molar-refractivity contribution is 0.0663. The van der Waals surface area contributed by atoms with Gasteiger partial charge in [-0.25, -0.2) is 4.98 Å². The Morgan fingerprint density at radius 2 is 1.86 bits per heavy atom. The monoisotopic (exact) mass is 388 g/mol. The van der Waals surface area contributed by atoms with E-state index in [0.29, 0.717) is 18.9 Å². The van der Waals surface area contributed by atoms with Crippen molar-refractivity contribution in [3.63, 3.8) is 0 Å². The van der Waals surface area contributed by atoms with E-state index < -0.39 is 0 Å². The highest BCUT2D eigenvalue weighted by molar-refractivity contribution is 5.95. The number of fused-ring (bicyclic) bond motifs is 2. The molecular weight excluding hydrogens is 364 g/mol. The van der Waals surface area contributed by atoms with Crippen LogP contribution in [0.4, 0.5) is 0 Å². The Kier molecular flexibility index (Phi) is 4.15. The number of aromatic amines is 2. The lowest BCUT2D eigenvalue weighted by Gasteiger charge is -2.39. The first-order valence-electron chi connectivity index (χ1n) is 10.2. The van der Waals surface area contributed by atoms with Crippen LogP contribution in [0.2, 0.25) is 0 Å². The number of likely N-dealkylation sites (tertiary alicyclic amines) is 1. The SMILES string of the molecule is Cc1[nH]ccc1C(=O)N1CCC2(CCc3c2nc(-c2ccccc2)[nH]c3=O)CC1. The molecule has 1 saturated heterocycles. The first-order valence-corrected chi connectivity index (χ1v) is 10.2. The van der Waals surface area contributed by atoms with E-state index in [2.05, 4.69) is 9.97 Å². The first kappa shape index (κ1) is 17.9. The number of aryl methyl sites for hydroxylation is 1. The second kappa shape index (κ2) is 6.72. The molecule has 1 aromatic carbocycles. The fraction of sp³-hybridized carbons (Fsp3) is 0.348. The molecule has 1 aliphatic heterocycles. The van der Waals surface area contributed by atoms with Gasteiger partial charge < -0.3 is 14.9 Å². The number of benzene rings is 1. The van der Waals surface area contributed by atoms with Gasteiger partial charge in [0.15, 0.2) is 0 Å². The zero-order chi connectivity index (χ0) is 20.0. The van der Waals surface area contributed by atoms with Gasteiger partial charge in [-0.15, -0.1) is 0 Å². The highest BCUT2D eigenvalue weighted by Crippen LogP contribution is 2.44. The summed E-state index contributed by atoms with van der Waals surface area (Å²) in [6, 6.07) is 11.6. The Bertz CT molecular complexity index is 1120. The lowest BCUT2D eigenvalue weighted by atomic mass is 9.76. The normalized spacial score (nSPS) is 17.5. The van der Waals surface area contributed by atoms with Crippen molar-refractivity contribution < 1.29 is 4.79 Å². The summed E-state index contributed by atoms with van der Waals surface area (Å²) in [4.78, 5) is 38.5. The van der Waals surface area contributed by atoms with Crippen LogP contribution in [0, 0.1) is 6.92 Å². The van der Waals surface area contributed by atoms with Crippen molar-refractivity contribution in [3.8, 4) is 11.4 Å². The Labute approximate surface area is 169 Å². The van der Waals surface area contributed by atoms with Gasteiger partial charge in [-0.1, -0.05) is 30.3 Å². The fourth-order valence-electron chi connectivity index (χ4n) is 4.86. The molecule has 6 heteroatoms. The van der Waals surface area contributed by atoms with Crippen molar-refractivity contribution in [3.05, 3.63) is 75.5 Å². The Morgan fingerprint density at radius 1 is 1.10 bits per heavy atom. The first-order chi connectivity index (χ1) is 14.1. The van der Waals surface area contributed by atoms with Gasteiger partial charge in [0.05, 0.1) is 11.3 Å². The molecule has 1 fully saturated rings. The molecule has 2 aliphatic rings. The predicted molar refractivity (Wildman–Crippen MR) is 111 cm³/mol. The number of nitrogens with zero attached hydrogens (tertiary/aromatic N) is 2. The molecule has 0 radical (unpaired) electrons. The standard InChI is InChI=1S/C23H24N4O2/c1-15-17(8-12-24-15)22(29)27-13-10-23(11-14-27)9-7-18-19(23)25-20(26-21(18)28)16-5-3-2-4-6-16/h2-6,8,12,24H,7,9-11,13-14H2,1H3,(H,25,26,28). The fourth-order valence-corrected chi connectivity index (χ4v) is 4.86. The minimum absolute atomic E-state index is 0.0211. The van der Waals surface area contributed by atoms with Gasteiger partial charge in [0.1, 0.15) is 5.82 Å². The third-order valence-electron chi connectivity index (χ3n) is 6.61. The number of amides is 1. The summed E-state index contributed by atoms with van der Waals surface area (Å²) in [5.74, 6) is 0.720. The molecule has 1 spiro atoms. The van der Waals surface area contributed by atoms with Crippen LogP contribution in [0.25, 0.3) is 11.4 Å². The molecule has 1 amide bonds. The lowest BCUT2D eigenvalue weighted by Crippen LogP contribution is -2.45. The summed E-state index contributed by atoms with van der Waals surface area (Å²) in [6.45, 7) is 3.31. The van der Waals surface area contributed by atoms with Crippen molar-refractivity contribution in [1.82, 2.24) is 19.9 Å². The number of piperidine rings is 1. The maximum absolute atomic E-state index is 12.9. The van der Waals surface area contributed by atoms with E-state index in [4.69, 9.17) is 4.98 Å². The van der Waals surface area contributed by atoms with Gasteiger partial charge in [-0.05, 0) is 38.7 Å². The molecule has 0 saturated carbocycles. The van der Waals surface area contributed by atoms with E-state index >= 15 is 0 Å². The van der Waals surface area contributed by atoms with Crippen molar-refractivity contribution in [2.45, 2.75) is 38.0 Å². The van der Waals surface area contributed by atoms with E-state index in [1.54, 1.807) is 0 Å². The van der Waals surface area contributed by atoms with Crippen LogP contribution in [-0.4, -0.2) is 38.8 Å². The van der Waals surface area contributed by atoms with Crippen molar-refractivity contribution in [1.29, 1.82) is 0 Å². The molecule has 5 rings (SSSR count). The quantitative estimate of drug-likeness (QED) is 0.707. The summed E-state index contributed by atoms with van der Waals surface area (Å²) in [5.41, 5.74) is 4.22. The number of rotatable bonds is 2.